The zero-order valence-corrected chi connectivity index (χ0v) is 9.75. The van der Waals surface area contributed by atoms with Crippen LogP contribution < -0.4 is 0 Å². The lowest BCUT2D eigenvalue weighted by atomic mass is 10.0. The fourth-order valence-corrected chi connectivity index (χ4v) is 1.62. The van der Waals surface area contributed by atoms with Crippen molar-refractivity contribution < 1.29 is 22.4 Å². The SMILES string of the molecule is CCC(=O)c1cc(Br)c(F)c(C(F)(F)F)c1. The molecule has 0 bridgehead atoms. The molecule has 0 unspecified atom stereocenters. The third-order valence-electron chi connectivity index (χ3n) is 1.98. The van der Waals surface area contributed by atoms with Crippen LogP contribution in [0.3, 0.4) is 0 Å². The van der Waals surface area contributed by atoms with E-state index in [0.29, 0.717) is 6.07 Å². The van der Waals surface area contributed by atoms with Gasteiger partial charge in [0, 0.05) is 12.0 Å². The highest BCUT2D eigenvalue weighted by molar-refractivity contribution is 9.10. The Morgan fingerprint density at radius 1 is 1.38 bits per heavy atom. The number of hydrogen-bond acceptors (Lipinski definition) is 1. The quantitative estimate of drug-likeness (QED) is 0.591. The summed E-state index contributed by atoms with van der Waals surface area (Å²) in [5.41, 5.74) is -1.58. The molecule has 1 aromatic rings. The van der Waals surface area contributed by atoms with Crippen LogP contribution in [0.15, 0.2) is 16.6 Å². The van der Waals surface area contributed by atoms with Gasteiger partial charge in [-0.3, -0.25) is 4.79 Å². The van der Waals surface area contributed by atoms with Crippen molar-refractivity contribution in [1.29, 1.82) is 0 Å². The van der Waals surface area contributed by atoms with Crippen molar-refractivity contribution >= 4 is 21.7 Å². The van der Waals surface area contributed by atoms with Crippen LogP contribution in [0.25, 0.3) is 0 Å². The van der Waals surface area contributed by atoms with E-state index in [2.05, 4.69) is 15.9 Å². The molecule has 0 aliphatic rings. The third-order valence-corrected chi connectivity index (χ3v) is 2.55. The summed E-state index contributed by atoms with van der Waals surface area (Å²) in [7, 11) is 0. The Balaban J connectivity index is 3.39. The van der Waals surface area contributed by atoms with Crippen molar-refractivity contribution in [2.45, 2.75) is 19.5 Å². The van der Waals surface area contributed by atoms with Crippen molar-refractivity contribution in [2.75, 3.05) is 0 Å². The van der Waals surface area contributed by atoms with E-state index >= 15 is 0 Å². The first kappa shape index (κ1) is 13.2. The van der Waals surface area contributed by atoms with Crippen LogP contribution >= 0.6 is 15.9 Å². The van der Waals surface area contributed by atoms with Crippen LogP contribution in [0.1, 0.15) is 29.3 Å². The summed E-state index contributed by atoms with van der Waals surface area (Å²) in [5, 5.41) is 0. The number of halogens is 5. The number of benzene rings is 1. The van der Waals surface area contributed by atoms with Gasteiger partial charge in [0.15, 0.2) is 5.78 Å². The van der Waals surface area contributed by atoms with E-state index in [0.717, 1.165) is 6.07 Å². The Morgan fingerprint density at radius 2 is 1.94 bits per heavy atom. The smallest absolute Gasteiger partial charge is 0.294 e. The monoisotopic (exact) mass is 298 g/mol. The molecule has 0 radical (unpaired) electrons. The first-order valence-electron chi connectivity index (χ1n) is 4.36. The van der Waals surface area contributed by atoms with Crippen LogP contribution in [0.4, 0.5) is 17.6 Å². The molecule has 0 amide bonds. The minimum atomic E-state index is -4.81. The summed E-state index contributed by atoms with van der Waals surface area (Å²) in [4.78, 5) is 11.2. The van der Waals surface area contributed by atoms with Crippen LogP contribution in [-0.2, 0) is 6.18 Å². The normalized spacial score (nSPS) is 11.6. The largest absolute Gasteiger partial charge is 0.419 e. The van der Waals surface area contributed by atoms with Gasteiger partial charge in [0.25, 0.3) is 0 Å². The highest BCUT2D eigenvalue weighted by atomic mass is 79.9. The average Bonchev–Trinajstić information content (AvgIpc) is 2.18. The van der Waals surface area contributed by atoms with E-state index < -0.39 is 23.3 Å². The van der Waals surface area contributed by atoms with Gasteiger partial charge in [-0.1, -0.05) is 6.92 Å². The Hall–Kier alpha value is -0.910. The summed E-state index contributed by atoms with van der Waals surface area (Å²) >= 11 is 2.66. The lowest BCUT2D eigenvalue weighted by molar-refractivity contribution is -0.140. The van der Waals surface area contributed by atoms with Gasteiger partial charge in [0.1, 0.15) is 5.82 Å². The fraction of sp³-hybridized carbons (Fsp3) is 0.300. The molecule has 88 valence electrons. The lowest BCUT2D eigenvalue weighted by Gasteiger charge is -2.10. The van der Waals surface area contributed by atoms with Crippen molar-refractivity contribution in [3.05, 3.63) is 33.5 Å². The number of carbonyl (C=O) groups excluding carboxylic acids is 1. The maximum atomic E-state index is 13.2. The molecule has 0 aromatic heterocycles. The van der Waals surface area contributed by atoms with Gasteiger partial charge in [0.2, 0.25) is 0 Å². The first-order chi connectivity index (χ1) is 7.27. The Morgan fingerprint density at radius 3 is 2.38 bits per heavy atom. The standard InChI is InChI=1S/C10H7BrF4O/c1-2-8(16)5-3-6(10(13,14)15)9(12)7(11)4-5/h3-4H,2H2,1H3. The van der Waals surface area contributed by atoms with Crippen LogP contribution in [0.2, 0.25) is 0 Å². The Kier molecular flexibility index (Phi) is 3.72. The molecular formula is C10H7BrF4O. The van der Waals surface area contributed by atoms with Crippen LogP contribution in [0.5, 0.6) is 0 Å². The van der Waals surface area contributed by atoms with E-state index in [1.165, 1.54) is 6.92 Å². The number of alkyl halides is 3. The molecule has 0 saturated carbocycles. The predicted octanol–water partition coefficient (Wildman–Crippen LogP) is 4.20. The molecule has 16 heavy (non-hydrogen) atoms. The highest BCUT2D eigenvalue weighted by Gasteiger charge is 2.35. The van der Waals surface area contributed by atoms with Crippen LogP contribution in [0, 0.1) is 5.82 Å². The Labute approximate surface area is 97.6 Å². The maximum Gasteiger partial charge on any atom is 0.419 e. The minimum absolute atomic E-state index is 0.0649. The van der Waals surface area contributed by atoms with Crippen molar-refractivity contribution in [3.63, 3.8) is 0 Å². The summed E-state index contributed by atoms with van der Waals surface area (Å²) in [6.45, 7) is 1.52. The predicted molar refractivity (Wildman–Crippen MR) is 53.7 cm³/mol. The number of ketones is 1. The first-order valence-corrected chi connectivity index (χ1v) is 5.16. The number of rotatable bonds is 2. The highest BCUT2D eigenvalue weighted by Crippen LogP contribution is 2.35. The van der Waals surface area contributed by atoms with Gasteiger partial charge in [0.05, 0.1) is 10.0 Å². The minimum Gasteiger partial charge on any atom is -0.294 e. The van der Waals surface area contributed by atoms with Gasteiger partial charge in [-0.25, -0.2) is 4.39 Å². The molecule has 0 atom stereocenters. The summed E-state index contributed by atoms with van der Waals surface area (Å²) < 4.78 is 50.0. The zero-order chi connectivity index (χ0) is 12.5. The molecule has 6 heteroatoms. The van der Waals surface area contributed by atoms with Gasteiger partial charge in [-0.2, -0.15) is 13.2 Å². The van der Waals surface area contributed by atoms with Gasteiger partial charge >= 0.3 is 6.18 Å². The van der Waals surface area contributed by atoms with E-state index in [9.17, 15) is 22.4 Å². The number of carbonyl (C=O) groups is 1. The topological polar surface area (TPSA) is 17.1 Å². The van der Waals surface area contributed by atoms with Crippen LogP contribution in [-0.4, -0.2) is 5.78 Å². The van der Waals surface area contributed by atoms with Crippen molar-refractivity contribution in [1.82, 2.24) is 0 Å². The van der Waals surface area contributed by atoms with E-state index in [1.807, 2.05) is 0 Å². The third kappa shape index (κ3) is 2.61. The maximum absolute atomic E-state index is 13.2. The fourth-order valence-electron chi connectivity index (χ4n) is 1.16. The van der Waals surface area contributed by atoms with Gasteiger partial charge < -0.3 is 0 Å². The lowest BCUT2D eigenvalue weighted by Crippen LogP contribution is -2.11. The molecule has 1 aromatic carbocycles. The zero-order valence-electron chi connectivity index (χ0n) is 8.16. The van der Waals surface area contributed by atoms with Crippen molar-refractivity contribution in [2.24, 2.45) is 0 Å². The van der Waals surface area contributed by atoms with E-state index in [4.69, 9.17) is 0 Å². The molecule has 0 N–H and O–H groups in total. The molecule has 0 spiro atoms. The van der Waals surface area contributed by atoms with Gasteiger partial charge in [-0.15, -0.1) is 0 Å². The van der Waals surface area contributed by atoms with Gasteiger partial charge in [-0.05, 0) is 28.1 Å². The molecule has 0 heterocycles. The second-order valence-corrected chi connectivity index (χ2v) is 3.95. The molecule has 0 saturated heterocycles. The number of Topliss-reactive ketones (excluding diaryl/α,β-unsaturated/α-hetero) is 1. The number of hydrogen-bond donors (Lipinski definition) is 0. The molecule has 1 nitrogen and oxygen atoms in total. The molecule has 0 aliphatic heterocycles. The molecule has 1 rings (SSSR count). The van der Waals surface area contributed by atoms with E-state index in [1.54, 1.807) is 0 Å². The molecule has 0 aliphatic carbocycles. The van der Waals surface area contributed by atoms with Crippen molar-refractivity contribution in [3.8, 4) is 0 Å². The Bertz CT molecular complexity index is 426. The second-order valence-electron chi connectivity index (χ2n) is 3.09. The average molecular weight is 299 g/mol. The summed E-state index contributed by atoms with van der Waals surface area (Å²) in [5.74, 6) is -1.87. The summed E-state index contributed by atoms with van der Waals surface area (Å²) in [6.07, 6.45) is -4.74. The summed E-state index contributed by atoms with van der Waals surface area (Å²) in [6, 6.07) is 1.59. The second kappa shape index (κ2) is 4.53. The molecular weight excluding hydrogens is 292 g/mol. The molecule has 0 fully saturated rings. The van der Waals surface area contributed by atoms with E-state index in [-0.39, 0.29) is 16.5 Å².